The minimum Gasteiger partial charge on any atom is -0.399 e. The molecule has 0 unspecified atom stereocenters. The highest BCUT2D eigenvalue weighted by Gasteiger charge is 2.26. The van der Waals surface area contributed by atoms with E-state index in [4.69, 9.17) is 11.5 Å². The van der Waals surface area contributed by atoms with Gasteiger partial charge in [0.1, 0.15) is 0 Å². The van der Waals surface area contributed by atoms with E-state index in [0.29, 0.717) is 5.69 Å². The summed E-state index contributed by atoms with van der Waals surface area (Å²) in [6.45, 7) is 3.37. The van der Waals surface area contributed by atoms with E-state index >= 15 is 0 Å². The predicted octanol–water partition coefficient (Wildman–Crippen LogP) is 0.969. The van der Waals surface area contributed by atoms with E-state index in [1.807, 2.05) is 0 Å². The Balaban J connectivity index is 2.90. The molecular weight excluding hydrogens is 190 g/mol. The molecule has 4 nitrogen and oxygen atoms in total. The number of benzene rings is 1. The molecule has 0 saturated heterocycles. The van der Waals surface area contributed by atoms with Crippen LogP contribution in [0.15, 0.2) is 24.3 Å². The van der Waals surface area contributed by atoms with Crippen LogP contribution in [-0.2, 0) is 4.79 Å². The van der Waals surface area contributed by atoms with Gasteiger partial charge in [-0.25, -0.2) is 0 Å². The molecule has 0 aliphatic rings. The third kappa shape index (κ3) is 2.70. The summed E-state index contributed by atoms with van der Waals surface area (Å²) in [5.41, 5.74) is 11.9. The lowest BCUT2D eigenvalue weighted by Crippen LogP contribution is -2.49. The van der Waals surface area contributed by atoms with Crippen LogP contribution in [0.1, 0.15) is 13.8 Å². The molecule has 1 amide bonds. The predicted molar refractivity (Wildman–Crippen MR) is 62.5 cm³/mol. The minimum absolute atomic E-state index is 0.132. The third-order valence-corrected chi connectivity index (χ3v) is 2.14. The first-order chi connectivity index (χ1) is 6.82. The zero-order valence-corrected chi connectivity index (χ0v) is 9.32. The van der Waals surface area contributed by atoms with Crippen molar-refractivity contribution in [2.45, 2.75) is 19.4 Å². The molecule has 4 N–H and O–H groups in total. The number of hydrogen-bond donors (Lipinski definition) is 2. The molecule has 0 saturated carbocycles. The molecule has 4 heteroatoms. The number of carbonyl (C=O) groups is 1. The van der Waals surface area contributed by atoms with Crippen molar-refractivity contribution in [3.8, 4) is 0 Å². The van der Waals surface area contributed by atoms with Crippen LogP contribution in [0, 0.1) is 0 Å². The van der Waals surface area contributed by atoms with Crippen molar-refractivity contribution in [1.29, 1.82) is 0 Å². The molecule has 0 spiro atoms. The van der Waals surface area contributed by atoms with Gasteiger partial charge in [0.15, 0.2) is 0 Å². The molecule has 0 bridgehead atoms. The Bertz CT molecular complexity index is 351. The van der Waals surface area contributed by atoms with Gasteiger partial charge >= 0.3 is 0 Å². The second-order valence-electron chi connectivity index (χ2n) is 4.18. The number of hydrogen-bond acceptors (Lipinski definition) is 3. The normalized spacial score (nSPS) is 11.2. The van der Waals surface area contributed by atoms with E-state index in [0.717, 1.165) is 5.69 Å². The van der Waals surface area contributed by atoms with Crippen LogP contribution < -0.4 is 16.4 Å². The minimum atomic E-state index is -0.865. The highest BCUT2D eigenvalue weighted by Crippen LogP contribution is 2.17. The Morgan fingerprint density at radius 1 is 1.27 bits per heavy atom. The lowest BCUT2D eigenvalue weighted by Gasteiger charge is -2.25. The standard InChI is InChI=1S/C11H17N3O/c1-11(2,13)10(15)14(3)9-6-4-8(12)5-7-9/h4-7H,12-13H2,1-3H3. The Kier molecular flexibility index (Phi) is 3.00. The first kappa shape index (κ1) is 11.5. The summed E-state index contributed by atoms with van der Waals surface area (Å²) in [6.07, 6.45) is 0. The first-order valence-corrected chi connectivity index (χ1v) is 4.75. The maximum Gasteiger partial charge on any atom is 0.246 e. The number of carbonyl (C=O) groups excluding carboxylic acids is 1. The Hall–Kier alpha value is -1.55. The van der Waals surface area contributed by atoms with Gasteiger partial charge < -0.3 is 16.4 Å². The smallest absolute Gasteiger partial charge is 0.246 e. The van der Waals surface area contributed by atoms with E-state index in [1.165, 1.54) is 4.90 Å². The van der Waals surface area contributed by atoms with Gasteiger partial charge in [-0.15, -0.1) is 0 Å². The van der Waals surface area contributed by atoms with Crippen LogP contribution in [0.3, 0.4) is 0 Å². The van der Waals surface area contributed by atoms with Crippen molar-refractivity contribution < 1.29 is 4.79 Å². The van der Waals surface area contributed by atoms with E-state index < -0.39 is 5.54 Å². The van der Waals surface area contributed by atoms with Gasteiger partial charge in [-0.05, 0) is 38.1 Å². The lowest BCUT2D eigenvalue weighted by atomic mass is 10.1. The van der Waals surface area contributed by atoms with Crippen molar-refractivity contribution in [3.05, 3.63) is 24.3 Å². The summed E-state index contributed by atoms with van der Waals surface area (Å²) in [5.74, 6) is -0.132. The van der Waals surface area contributed by atoms with Crippen LogP contribution in [-0.4, -0.2) is 18.5 Å². The second-order valence-corrected chi connectivity index (χ2v) is 4.18. The van der Waals surface area contributed by atoms with Crippen LogP contribution >= 0.6 is 0 Å². The number of nitrogen functional groups attached to an aromatic ring is 1. The monoisotopic (exact) mass is 207 g/mol. The van der Waals surface area contributed by atoms with Gasteiger partial charge in [0.2, 0.25) is 5.91 Å². The number of amides is 1. The van der Waals surface area contributed by atoms with E-state index in [9.17, 15) is 4.79 Å². The van der Waals surface area contributed by atoms with Gasteiger partial charge in [-0.1, -0.05) is 0 Å². The van der Waals surface area contributed by atoms with Gasteiger partial charge in [0.05, 0.1) is 5.54 Å². The summed E-state index contributed by atoms with van der Waals surface area (Å²) in [5, 5.41) is 0. The summed E-state index contributed by atoms with van der Waals surface area (Å²) in [4.78, 5) is 13.3. The molecule has 0 heterocycles. The molecule has 0 aliphatic carbocycles. The second kappa shape index (κ2) is 3.90. The fourth-order valence-corrected chi connectivity index (χ4v) is 1.25. The largest absolute Gasteiger partial charge is 0.399 e. The molecule has 82 valence electrons. The SMILES string of the molecule is CN(C(=O)C(C)(C)N)c1ccc(N)cc1. The maximum absolute atomic E-state index is 11.8. The van der Waals surface area contributed by atoms with Crippen molar-refractivity contribution in [3.63, 3.8) is 0 Å². The third-order valence-electron chi connectivity index (χ3n) is 2.14. The number of nitrogens with two attached hydrogens (primary N) is 2. The average molecular weight is 207 g/mol. The van der Waals surface area contributed by atoms with Crippen LogP contribution in [0.5, 0.6) is 0 Å². The zero-order valence-electron chi connectivity index (χ0n) is 9.32. The molecule has 1 rings (SSSR count). The molecule has 0 aliphatic heterocycles. The molecule has 0 aromatic heterocycles. The Labute approximate surface area is 89.9 Å². The van der Waals surface area contributed by atoms with Crippen molar-refractivity contribution >= 4 is 17.3 Å². The Morgan fingerprint density at radius 2 is 1.73 bits per heavy atom. The van der Waals surface area contributed by atoms with Gasteiger partial charge in [0.25, 0.3) is 0 Å². The molecule has 1 aromatic rings. The molecule has 0 radical (unpaired) electrons. The van der Waals surface area contributed by atoms with E-state index in [1.54, 1.807) is 45.2 Å². The molecular formula is C11H17N3O. The zero-order chi connectivity index (χ0) is 11.6. The fraction of sp³-hybridized carbons (Fsp3) is 0.364. The number of likely N-dealkylation sites (N-methyl/N-ethyl adjacent to an activating group) is 1. The van der Waals surface area contributed by atoms with Gasteiger partial charge in [-0.2, -0.15) is 0 Å². The van der Waals surface area contributed by atoms with Crippen molar-refractivity contribution in [1.82, 2.24) is 0 Å². The van der Waals surface area contributed by atoms with Gasteiger partial charge in [0, 0.05) is 18.4 Å². The van der Waals surface area contributed by atoms with E-state index in [-0.39, 0.29) is 5.91 Å². The molecule has 0 atom stereocenters. The maximum atomic E-state index is 11.8. The van der Waals surface area contributed by atoms with Gasteiger partial charge in [-0.3, -0.25) is 4.79 Å². The highest BCUT2D eigenvalue weighted by molar-refractivity contribution is 5.99. The average Bonchev–Trinajstić information content (AvgIpc) is 2.15. The highest BCUT2D eigenvalue weighted by atomic mass is 16.2. The topological polar surface area (TPSA) is 72.3 Å². The summed E-state index contributed by atoms with van der Waals surface area (Å²) < 4.78 is 0. The van der Waals surface area contributed by atoms with Crippen molar-refractivity contribution in [2.75, 3.05) is 17.7 Å². The summed E-state index contributed by atoms with van der Waals surface area (Å²) in [7, 11) is 1.70. The molecule has 15 heavy (non-hydrogen) atoms. The number of anilines is 2. The molecule has 1 aromatic carbocycles. The Morgan fingerprint density at radius 3 is 2.13 bits per heavy atom. The van der Waals surface area contributed by atoms with Crippen LogP contribution in [0.2, 0.25) is 0 Å². The van der Waals surface area contributed by atoms with Crippen LogP contribution in [0.25, 0.3) is 0 Å². The van der Waals surface area contributed by atoms with E-state index in [2.05, 4.69) is 0 Å². The lowest BCUT2D eigenvalue weighted by molar-refractivity contribution is -0.122. The quantitative estimate of drug-likeness (QED) is 0.710. The van der Waals surface area contributed by atoms with Crippen LogP contribution in [0.4, 0.5) is 11.4 Å². The number of nitrogens with zero attached hydrogens (tertiary/aromatic N) is 1. The fourth-order valence-electron chi connectivity index (χ4n) is 1.25. The number of rotatable bonds is 2. The molecule has 0 fully saturated rings. The first-order valence-electron chi connectivity index (χ1n) is 4.75. The summed E-state index contributed by atoms with van der Waals surface area (Å²) in [6, 6.07) is 7.09. The summed E-state index contributed by atoms with van der Waals surface area (Å²) >= 11 is 0. The van der Waals surface area contributed by atoms with Crippen molar-refractivity contribution in [2.24, 2.45) is 5.73 Å².